The minimum absolute atomic E-state index is 0.278. The minimum Gasteiger partial charge on any atom is -0.493 e. The molecule has 0 aliphatic carbocycles. The van der Waals surface area contributed by atoms with Crippen LogP contribution in [-0.2, 0) is 0 Å². The van der Waals surface area contributed by atoms with Gasteiger partial charge >= 0.3 is 0 Å². The molecule has 138 valence electrons. The molecule has 2 heterocycles. The Balaban J connectivity index is 1.77. The number of nitrogens with one attached hydrogen (secondary N) is 1. The summed E-state index contributed by atoms with van der Waals surface area (Å²) < 4.78 is 15.9. The highest BCUT2D eigenvalue weighted by Crippen LogP contribution is 2.38. The van der Waals surface area contributed by atoms with E-state index in [1.165, 1.54) is 34.2 Å². The Hall–Kier alpha value is -2.96. The second-order valence-corrected chi connectivity index (χ2v) is 5.97. The zero-order chi connectivity index (χ0) is 18.5. The van der Waals surface area contributed by atoms with Crippen molar-refractivity contribution in [3.63, 3.8) is 0 Å². The van der Waals surface area contributed by atoms with Crippen molar-refractivity contribution >= 4 is 17.4 Å². The molecule has 26 heavy (non-hydrogen) atoms. The molecule has 0 radical (unpaired) electrons. The van der Waals surface area contributed by atoms with Gasteiger partial charge in [0.1, 0.15) is 5.82 Å². The minimum atomic E-state index is -0.278. The molecule has 0 unspecified atom stereocenters. The van der Waals surface area contributed by atoms with Gasteiger partial charge in [-0.3, -0.25) is 4.79 Å². The molecule has 1 fully saturated rings. The van der Waals surface area contributed by atoms with Crippen LogP contribution in [0, 0.1) is 0 Å². The SMILES string of the molecule is COc1cc(C(=O)Nc2ccc(N3CCCC3)nc2)cc(OC)c1OC. The van der Waals surface area contributed by atoms with Gasteiger partial charge in [-0.15, -0.1) is 0 Å². The number of hydrogen-bond donors (Lipinski definition) is 1. The summed E-state index contributed by atoms with van der Waals surface area (Å²) in [6, 6.07) is 7.01. The fourth-order valence-corrected chi connectivity index (χ4v) is 3.01. The van der Waals surface area contributed by atoms with E-state index in [2.05, 4.69) is 15.2 Å². The molecular formula is C19H23N3O4. The predicted octanol–water partition coefficient (Wildman–Crippen LogP) is 2.96. The molecule has 1 aliphatic rings. The van der Waals surface area contributed by atoms with E-state index in [1.54, 1.807) is 18.3 Å². The fourth-order valence-electron chi connectivity index (χ4n) is 3.01. The number of aromatic nitrogens is 1. The van der Waals surface area contributed by atoms with Gasteiger partial charge in [-0.05, 0) is 37.1 Å². The van der Waals surface area contributed by atoms with E-state index in [4.69, 9.17) is 14.2 Å². The molecule has 3 rings (SSSR count). The molecule has 1 N–H and O–H groups in total. The molecule has 0 bridgehead atoms. The van der Waals surface area contributed by atoms with E-state index >= 15 is 0 Å². The molecule has 1 amide bonds. The number of methoxy groups -OCH3 is 3. The number of carbonyl (C=O) groups excluding carboxylic acids is 1. The molecule has 2 aromatic rings. The molecule has 1 saturated heterocycles. The van der Waals surface area contributed by atoms with Crippen molar-refractivity contribution in [2.45, 2.75) is 12.8 Å². The maximum Gasteiger partial charge on any atom is 0.255 e. The number of nitrogens with zero attached hydrogens (tertiary/aromatic N) is 2. The van der Waals surface area contributed by atoms with Crippen molar-refractivity contribution in [2.24, 2.45) is 0 Å². The van der Waals surface area contributed by atoms with Crippen LogP contribution in [0.5, 0.6) is 17.2 Å². The smallest absolute Gasteiger partial charge is 0.255 e. The first kappa shape index (κ1) is 17.8. The lowest BCUT2D eigenvalue weighted by atomic mass is 10.1. The summed E-state index contributed by atoms with van der Waals surface area (Å²) in [5, 5.41) is 2.84. The normalized spacial score (nSPS) is 13.4. The van der Waals surface area contributed by atoms with Crippen molar-refractivity contribution in [3.8, 4) is 17.2 Å². The Kier molecular flexibility index (Phi) is 5.46. The van der Waals surface area contributed by atoms with Crippen molar-refractivity contribution < 1.29 is 19.0 Å². The van der Waals surface area contributed by atoms with Gasteiger partial charge in [0.15, 0.2) is 11.5 Å². The Labute approximate surface area is 152 Å². The molecule has 0 saturated carbocycles. The summed E-state index contributed by atoms with van der Waals surface area (Å²) in [5.41, 5.74) is 1.04. The van der Waals surface area contributed by atoms with E-state index in [0.29, 0.717) is 28.5 Å². The van der Waals surface area contributed by atoms with Gasteiger partial charge in [0.05, 0.1) is 33.2 Å². The van der Waals surface area contributed by atoms with Crippen LogP contribution in [-0.4, -0.2) is 45.3 Å². The van der Waals surface area contributed by atoms with E-state index in [9.17, 15) is 4.79 Å². The lowest BCUT2D eigenvalue weighted by Gasteiger charge is -2.16. The Morgan fingerprint density at radius 3 is 2.19 bits per heavy atom. The van der Waals surface area contributed by atoms with Gasteiger partial charge in [0.25, 0.3) is 5.91 Å². The zero-order valence-electron chi connectivity index (χ0n) is 15.2. The number of anilines is 2. The van der Waals surface area contributed by atoms with E-state index in [1.807, 2.05) is 12.1 Å². The van der Waals surface area contributed by atoms with E-state index in [0.717, 1.165) is 18.9 Å². The quantitative estimate of drug-likeness (QED) is 0.857. The van der Waals surface area contributed by atoms with Gasteiger partial charge in [-0.2, -0.15) is 0 Å². The highest BCUT2D eigenvalue weighted by atomic mass is 16.5. The fraction of sp³-hybridized carbons (Fsp3) is 0.368. The summed E-state index contributed by atoms with van der Waals surface area (Å²) in [7, 11) is 4.55. The van der Waals surface area contributed by atoms with Crippen LogP contribution < -0.4 is 24.4 Å². The van der Waals surface area contributed by atoms with Gasteiger partial charge in [0, 0.05) is 18.7 Å². The maximum atomic E-state index is 12.6. The molecule has 0 spiro atoms. The van der Waals surface area contributed by atoms with Crippen LogP contribution in [0.1, 0.15) is 23.2 Å². The predicted molar refractivity (Wildman–Crippen MR) is 99.7 cm³/mol. The highest BCUT2D eigenvalue weighted by Gasteiger charge is 2.18. The molecule has 1 aliphatic heterocycles. The average Bonchev–Trinajstić information content (AvgIpc) is 3.22. The third-order valence-electron chi connectivity index (χ3n) is 4.36. The molecule has 1 aromatic heterocycles. The van der Waals surface area contributed by atoms with Crippen molar-refractivity contribution in [2.75, 3.05) is 44.6 Å². The Bertz CT molecular complexity index is 746. The number of carbonyl (C=O) groups is 1. The van der Waals surface area contributed by atoms with Crippen LogP contribution >= 0.6 is 0 Å². The summed E-state index contributed by atoms with van der Waals surface area (Å²) in [6.45, 7) is 2.06. The van der Waals surface area contributed by atoms with E-state index in [-0.39, 0.29) is 5.91 Å². The molecule has 1 aromatic carbocycles. The zero-order valence-corrected chi connectivity index (χ0v) is 15.2. The third-order valence-corrected chi connectivity index (χ3v) is 4.36. The first-order valence-electron chi connectivity index (χ1n) is 8.48. The summed E-state index contributed by atoms with van der Waals surface area (Å²) in [6.07, 6.45) is 4.06. The Morgan fingerprint density at radius 2 is 1.69 bits per heavy atom. The van der Waals surface area contributed by atoms with Crippen LogP contribution in [0.15, 0.2) is 30.5 Å². The molecular weight excluding hydrogens is 334 g/mol. The molecule has 7 nitrogen and oxygen atoms in total. The van der Waals surface area contributed by atoms with Gasteiger partial charge < -0.3 is 24.4 Å². The number of pyridine rings is 1. The number of amides is 1. The van der Waals surface area contributed by atoms with Gasteiger partial charge in [0.2, 0.25) is 5.75 Å². The summed E-state index contributed by atoms with van der Waals surface area (Å²) in [5.74, 6) is 1.97. The van der Waals surface area contributed by atoms with Crippen molar-refractivity contribution in [3.05, 3.63) is 36.0 Å². The third kappa shape index (κ3) is 3.66. The van der Waals surface area contributed by atoms with E-state index < -0.39 is 0 Å². The number of ether oxygens (including phenoxy) is 3. The summed E-state index contributed by atoms with van der Waals surface area (Å²) >= 11 is 0. The number of hydrogen-bond acceptors (Lipinski definition) is 6. The average molecular weight is 357 g/mol. The van der Waals surface area contributed by atoms with Gasteiger partial charge in [-0.25, -0.2) is 4.98 Å². The topological polar surface area (TPSA) is 72.9 Å². The molecule has 0 atom stereocenters. The highest BCUT2D eigenvalue weighted by molar-refractivity contribution is 6.05. The monoisotopic (exact) mass is 357 g/mol. The molecule has 7 heteroatoms. The second kappa shape index (κ2) is 7.95. The van der Waals surface area contributed by atoms with Crippen LogP contribution in [0.3, 0.4) is 0 Å². The lowest BCUT2D eigenvalue weighted by molar-refractivity contribution is 0.102. The second-order valence-electron chi connectivity index (χ2n) is 5.97. The Morgan fingerprint density at radius 1 is 1.04 bits per heavy atom. The first-order valence-corrected chi connectivity index (χ1v) is 8.48. The number of benzene rings is 1. The van der Waals surface area contributed by atoms with Crippen molar-refractivity contribution in [1.82, 2.24) is 4.98 Å². The van der Waals surface area contributed by atoms with Crippen LogP contribution in [0.2, 0.25) is 0 Å². The standard InChI is InChI=1S/C19H23N3O4/c1-24-15-10-13(11-16(25-2)18(15)26-3)19(23)21-14-6-7-17(20-12-14)22-8-4-5-9-22/h6-7,10-12H,4-5,8-9H2,1-3H3,(H,21,23). The number of rotatable bonds is 6. The van der Waals surface area contributed by atoms with Crippen LogP contribution in [0.25, 0.3) is 0 Å². The lowest BCUT2D eigenvalue weighted by Crippen LogP contribution is -2.19. The van der Waals surface area contributed by atoms with Crippen LogP contribution in [0.4, 0.5) is 11.5 Å². The van der Waals surface area contributed by atoms with Crippen molar-refractivity contribution in [1.29, 1.82) is 0 Å². The maximum absolute atomic E-state index is 12.6. The largest absolute Gasteiger partial charge is 0.493 e. The summed E-state index contributed by atoms with van der Waals surface area (Å²) in [4.78, 5) is 19.3. The van der Waals surface area contributed by atoms with Gasteiger partial charge in [-0.1, -0.05) is 0 Å². The first-order chi connectivity index (χ1) is 12.7.